The molecule has 0 aliphatic heterocycles. The second-order valence-corrected chi connectivity index (χ2v) is 7.65. The number of hydrazone groups is 1. The second-order valence-electron chi connectivity index (χ2n) is 6.73. The van der Waals surface area contributed by atoms with Gasteiger partial charge in [-0.15, -0.1) is 0 Å². The van der Waals surface area contributed by atoms with Crippen molar-refractivity contribution in [2.45, 2.75) is 6.61 Å². The number of nitrogens with zero attached hydrogens (tertiary/aromatic N) is 1. The van der Waals surface area contributed by atoms with E-state index in [4.69, 9.17) is 13.9 Å². The van der Waals surface area contributed by atoms with E-state index in [1.54, 1.807) is 24.3 Å². The van der Waals surface area contributed by atoms with Crippen LogP contribution in [0.1, 0.15) is 21.9 Å². The number of carbonyl (C=O) groups is 3. The van der Waals surface area contributed by atoms with Crippen LogP contribution in [-0.4, -0.2) is 38.2 Å². The molecule has 0 saturated heterocycles. The number of furan rings is 1. The summed E-state index contributed by atoms with van der Waals surface area (Å²) in [5.41, 5.74) is 2.44. The molecule has 1 heterocycles. The Balaban J connectivity index is 1.56. The third-order valence-electron chi connectivity index (χ3n) is 4.37. The fourth-order valence-electron chi connectivity index (χ4n) is 2.68. The molecular weight excluding hydrogens is 529 g/mol. The Labute approximate surface area is 207 Å². The van der Waals surface area contributed by atoms with Crippen LogP contribution in [-0.2, 0) is 20.9 Å². The lowest BCUT2D eigenvalue weighted by molar-refractivity contribution is -0.136. The van der Waals surface area contributed by atoms with Gasteiger partial charge in [0.2, 0.25) is 5.76 Å². The Morgan fingerprint density at radius 3 is 2.57 bits per heavy atom. The van der Waals surface area contributed by atoms with Gasteiger partial charge in [-0.2, -0.15) is 5.10 Å². The molecule has 0 aliphatic rings. The van der Waals surface area contributed by atoms with Crippen molar-refractivity contribution in [2.24, 2.45) is 5.10 Å². The van der Waals surface area contributed by atoms with Gasteiger partial charge in [0, 0.05) is 4.47 Å². The molecule has 0 saturated carbocycles. The van der Waals surface area contributed by atoms with Gasteiger partial charge in [-0.1, -0.05) is 15.9 Å². The number of esters is 1. The van der Waals surface area contributed by atoms with Gasteiger partial charge in [0.15, 0.2) is 11.5 Å². The van der Waals surface area contributed by atoms with Crippen molar-refractivity contribution in [1.82, 2.24) is 5.43 Å². The van der Waals surface area contributed by atoms with Crippen molar-refractivity contribution in [2.75, 3.05) is 19.5 Å². The van der Waals surface area contributed by atoms with Crippen LogP contribution in [0.2, 0.25) is 0 Å². The molecule has 35 heavy (non-hydrogen) atoms. The molecule has 0 spiro atoms. The van der Waals surface area contributed by atoms with Gasteiger partial charge in [0.25, 0.3) is 0 Å². The molecule has 182 valence electrons. The summed E-state index contributed by atoms with van der Waals surface area (Å²) in [6, 6.07) is 11.9. The van der Waals surface area contributed by atoms with Gasteiger partial charge in [0.05, 0.1) is 26.1 Å². The number of rotatable bonds is 8. The van der Waals surface area contributed by atoms with Crippen LogP contribution >= 0.6 is 15.9 Å². The first-order valence-electron chi connectivity index (χ1n) is 9.88. The number of halogens is 2. The third kappa shape index (κ3) is 6.90. The molecule has 0 aliphatic carbocycles. The predicted molar refractivity (Wildman–Crippen MR) is 126 cm³/mol. The van der Waals surface area contributed by atoms with Crippen molar-refractivity contribution in [3.63, 3.8) is 0 Å². The zero-order valence-electron chi connectivity index (χ0n) is 18.5. The van der Waals surface area contributed by atoms with Crippen molar-refractivity contribution < 1.29 is 37.4 Å². The lowest BCUT2D eigenvalue weighted by Crippen LogP contribution is -2.32. The summed E-state index contributed by atoms with van der Waals surface area (Å²) in [4.78, 5) is 35.3. The highest BCUT2D eigenvalue weighted by molar-refractivity contribution is 9.10. The highest BCUT2D eigenvalue weighted by atomic mass is 79.9. The number of hydrogen-bond donors (Lipinski definition) is 2. The largest absolute Gasteiger partial charge is 0.493 e. The number of benzene rings is 2. The quantitative estimate of drug-likeness (QED) is 0.190. The topological polar surface area (TPSA) is 128 Å². The van der Waals surface area contributed by atoms with Crippen LogP contribution in [0.3, 0.4) is 0 Å². The summed E-state index contributed by atoms with van der Waals surface area (Å²) in [6.45, 7) is 0.0327. The third-order valence-corrected chi connectivity index (χ3v) is 4.86. The van der Waals surface area contributed by atoms with Gasteiger partial charge in [-0.3, -0.25) is 9.59 Å². The number of amides is 2. The summed E-state index contributed by atoms with van der Waals surface area (Å²) in [7, 11) is 2.70. The van der Waals surface area contributed by atoms with Crippen molar-refractivity contribution in [1.29, 1.82) is 0 Å². The number of anilines is 1. The zero-order chi connectivity index (χ0) is 25.4. The highest BCUT2D eigenvalue weighted by Gasteiger charge is 2.15. The molecule has 2 aromatic carbocycles. The second kappa shape index (κ2) is 11.8. The van der Waals surface area contributed by atoms with Crippen LogP contribution in [0.5, 0.6) is 11.5 Å². The molecule has 0 fully saturated rings. The first kappa shape index (κ1) is 25.4. The number of methoxy groups -OCH3 is 2. The van der Waals surface area contributed by atoms with Crippen molar-refractivity contribution in [3.05, 3.63) is 75.9 Å². The maximum absolute atomic E-state index is 13.8. The maximum Gasteiger partial charge on any atom is 0.373 e. The van der Waals surface area contributed by atoms with E-state index in [-0.39, 0.29) is 18.1 Å². The van der Waals surface area contributed by atoms with E-state index in [0.29, 0.717) is 27.3 Å². The minimum Gasteiger partial charge on any atom is -0.493 e. The highest BCUT2D eigenvalue weighted by Crippen LogP contribution is 2.28. The van der Waals surface area contributed by atoms with E-state index in [9.17, 15) is 18.8 Å². The van der Waals surface area contributed by atoms with E-state index in [1.807, 2.05) is 0 Å². The normalized spacial score (nSPS) is 10.6. The standard InChI is InChI=1S/C23H19BrFN3O7/c1-32-20-9-13(3-7-18(20)34-12-15-5-8-19(35-15)23(31)33-2)11-26-28-22(30)21(29)27-17-6-4-14(24)10-16(17)25/h3-11H,12H2,1-2H3,(H,27,29)(H,28,30)/b26-11+. The summed E-state index contributed by atoms with van der Waals surface area (Å²) in [5.74, 6) is -2.25. The Bertz CT molecular complexity index is 1280. The fourth-order valence-corrected chi connectivity index (χ4v) is 3.02. The molecule has 2 N–H and O–H groups in total. The van der Waals surface area contributed by atoms with E-state index in [2.05, 4.69) is 36.5 Å². The predicted octanol–water partition coefficient (Wildman–Crippen LogP) is 3.64. The molecular formula is C23H19BrFN3O7. The Hall–Kier alpha value is -4.19. The number of nitrogens with one attached hydrogen (secondary N) is 2. The van der Waals surface area contributed by atoms with Crippen molar-refractivity contribution >= 4 is 45.6 Å². The van der Waals surface area contributed by atoms with E-state index in [1.165, 1.54) is 38.6 Å². The molecule has 2 amide bonds. The van der Waals surface area contributed by atoms with E-state index < -0.39 is 23.6 Å². The first-order valence-corrected chi connectivity index (χ1v) is 10.7. The SMILES string of the molecule is COC(=O)c1ccc(COc2ccc(/C=N/NC(=O)C(=O)Nc3ccc(Br)cc3F)cc2OC)o1. The minimum atomic E-state index is -1.09. The van der Waals surface area contributed by atoms with Gasteiger partial charge in [-0.05, 0) is 54.1 Å². The minimum absolute atomic E-state index is 0.0327. The summed E-state index contributed by atoms with van der Waals surface area (Å²) >= 11 is 3.10. The first-order chi connectivity index (χ1) is 16.8. The lowest BCUT2D eigenvalue weighted by Gasteiger charge is -2.10. The number of ether oxygens (including phenoxy) is 3. The average Bonchev–Trinajstić information content (AvgIpc) is 3.33. The molecule has 3 rings (SSSR count). The Morgan fingerprint density at radius 2 is 1.86 bits per heavy atom. The van der Waals surface area contributed by atoms with Crippen LogP contribution in [0.25, 0.3) is 0 Å². The van der Waals surface area contributed by atoms with E-state index >= 15 is 0 Å². The smallest absolute Gasteiger partial charge is 0.373 e. The van der Waals surface area contributed by atoms with Gasteiger partial charge in [0.1, 0.15) is 18.2 Å². The van der Waals surface area contributed by atoms with E-state index in [0.717, 1.165) is 6.07 Å². The van der Waals surface area contributed by atoms with Crippen LogP contribution in [0, 0.1) is 5.82 Å². The molecule has 12 heteroatoms. The van der Waals surface area contributed by atoms with Crippen LogP contribution in [0.4, 0.5) is 10.1 Å². The monoisotopic (exact) mass is 547 g/mol. The maximum atomic E-state index is 13.8. The van der Waals surface area contributed by atoms with Crippen molar-refractivity contribution in [3.8, 4) is 11.5 Å². The number of hydrogen-bond acceptors (Lipinski definition) is 8. The molecule has 0 atom stereocenters. The Morgan fingerprint density at radius 1 is 1.06 bits per heavy atom. The summed E-state index contributed by atoms with van der Waals surface area (Å²) in [6.07, 6.45) is 1.28. The van der Waals surface area contributed by atoms with Crippen LogP contribution < -0.4 is 20.2 Å². The van der Waals surface area contributed by atoms with Gasteiger partial charge in [-0.25, -0.2) is 14.6 Å². The Kier molecular flexibility index (Phi) is 8.57. The average molecular weight is 548 g/mol. The molecule has 1 aromatic heterocycles. The summed E-state index contributed by atoms with van der Waals surface area (Å²) < 4.78 is 35.2. The molecule has 0 unspecified atom stereocenters. The molecule has 0 radical (unpaired) electrons. The van der Waals surface area contributed by atoms with Gasteiger partial charge >= 0.3 is 17.8 Å². The summed E-state index contributed by atoms with van der Waals surface area (Å²) in [5, 5.41) is 5.88. The lowest BCUT2D eigenvalue weighted by atomic mass is 10.2. The van der Waals surface area contributed by atoms with Gasteiger partial charge < -0.3 is 23.9 Å². The molecule has 3 aromatic rings. The number of carbonyl (C=O) groups excluding carboxylic acids is 3. The molecule has 0 bridgehead atoms. The zero-order valence-corrected chi connectivity index (χ0v) is 20.1. The molecule has 10 nitrogen and oxygen atoms in total. The fraction of sp³-hybridized carbons (Fsp3) is 0.130. The van der Waals surface area contributed by atoms with Crippen LogP contribution in [0.15, 0.2) is 62.5 Å².